The Bertz CT molecular complexity index is 708. The lowest BCUT2D eigenvalue weighted by molar-refractivity contribution is -0.131. The Balaban J connectivity index is 1.79. The normalized spacial score (nSPS) is 24.0. The maximum Gasteiger partial charge on any atom is 0.328 e. The number of aromatic nitrogens is 1. The number of nitrogens with zero attached hydrogens (tertiary/aromatic N) is 1. The maximum absolute atomic E-state index is 14.5. The van der Waals surface area contributed by atoms with Crippen LogP contribution in [0, 0.1) is 11.7 Å². The van der Waals surface area contributed by atoms with E-state index in [-0.39, 0.29) is 17.5 Å². The van der Waals surface area contributed by atoms with Gasteiger partial charge in [0.15, 0.2) is 17.4 Å². The average molecular weight is 361 g/mol. The molecule has 1 saturated heterocycles. The lowest BCUT2D eigenvalue weighted by Gasteiger charge is -2.34. The highest BCUT2D eigenvalue weighted by Crippen LogP contribution is 2.33. The van der Waals surface area contributed by atoms with Gasteiger partial charge in [0, 0.05) is 24.7 Å². The number of carboxylic acid groups (broad SMARTS) is 1. The number of pyridine rings is 1. The quantitative estimate of drug-likeness (QED) is 0.675. The van der Waals surface area contributed by atoms with Gasteiger partial charge in [-0.05, 0) is 43.5 Å². The lowest BCUT2D eigenvalue weighted by Crippen LogP contribution is -2.51. The molecule has 1 atom stereocenters. The minimum Gasteiger partial charge on any atom is -0.478 e. The molecule has 0 spiro atoms. The summed E-state index contributed by atoms with van der Waals surface area (Å²) in [5, 5.41) is 14.9. The summed E-state index contributed by atoms with van der Waals surface area (Å²) in [6, 6.07) is 1.22. The van der Waals surface area contributed by atoms with Crippen LogP contribution in [0.2, 0.25) is 0 Å². The van der Waals surface area contributed by atoms with Gasteiger partial charge in [-0.25, -0.2) is 14.2 Å². The molecule has 2 fully saturated rings. The van der Waals surface area contributed by atoms with E-state index < -0.39 is 17.3 Å². The summed E-state index contributed by atoms with van der Waals surface area (Å²) >= 11 is 0. The molecule has 2 heterocycles. The molecule has 140 valence electrons. The third-order valence-corrected chi connectivity index (χ3v) is 5.24. The molecule has 1 aromatic heterocycles. The van der Waals surface area contributed by atoms with E-state index in [9.17, 15) is 14.0 Å². The van der Waals surface area contributed by atoms with E-state index in [2.05, 4.69) is 15.6 Å². The zero-order valence-corrected chi connectivity index (χ0v) is 14.6. The van der Waals surface area contributed by atoms with Gasteiger partial charge in [-0.2, -0.15) is 0 Å². The maximum atomic E-state index is 14.5. The monoisotopic (exact) mass is 361 g/mol. The zero-order valence-electron chi connectivity index (χ0n) is 14.6. The van der Waals surface area contributed by atoms with E-state index >= 15 is 0 Å². The minimum absolute atomic E-state index is 0.0250. The molecule has 0 amide bonds. The molecule has 1 aromatic rings. The van der Waals surface area contributed by atoms with Crippen molar-refractivity contribution in [2.24, 2.45) is 5.92 Å². The number of carboxylic acids is 1. The number of aliphatic carboxylic acids is 1. The van der Waals surface area contributed by atoms with Crippen molar-refractivity contribution in [3.63, 3.8) is 0 Å². The van der Waals surface area contributed by atoms with Gasteiger partial charge in [-0.15, -0.1) is 0 Å². The highest BCUT2D eigenvalue weighted by atomic mass is 19.1. The van der Waals surface area contributed by atoms with E-state index in [1.54, 1.807) is 0 Å². The standard InChI is InChI=1S/C19H24FN3O3/c20-15-10-13(6-7-16(24)25)11-22-18(15)23-19(8-9-21-12-19)17(26)14-4-2-1-3-5-14/h6-7,10-11,14,21H,1-5,8-9,12H2,(H,22,23)(H,24,25)/b7-6+/t19-/m1/s1. The van der Waals surface area contributed by atoms with E-state index in [1.165, 1.54) is 24.8 Å². The van der Waals surface area contributed by atoms with Gasteiger partial charge in [-0.1, -0.05) is 19.3 Å². The Hall–Kier alpha value is -2.28. The highest BCUT2D eigenvalue weighted by Gasteiger charge is 2.44. The van der Waals surface area contributed by atoms with Crippen molar-refractivity contribution in [2.45, 2.75) is 44.1 Å². The first kappa shape index (κ1) is 18.5. The molecule has 7 heteroatoms. The van der Waals surface area contributed by atoms with Crippen LogP contribution in [0.25, 0.3) is 6.08 Å². The second-order valence-electron chi connectivity index (χ2n) is 7.10. The number of carbonyl (C=O) groups excluding carboxylic acids is 1. The SMILES string of the molecule is O=C(O)/C=C/c1cnc(N[C@]2(C(=O)C3CCCCC3)CCNC2)c(F)c1. The van der Waals surface area contributed by atoms with E-state index in [0.29, 0.717) is 25.1 Å². The Morgan fingerprint density at radius 3 is 2.73 bits per heavy atom. The van der Waals surface area contributed by atoms with Crippen LogP contribution in [0.5, 0.6) is 0 Å². The predicted molar refractivity (Wildman–Crippen MR) is 96.3 cm³/mol. The van der Waals surface area contributed by atoms with Crippen molar-refractivity contribution in [3.05, 3.63) is 29.7 Å². The van der Waals surface area contributed by atoms with Crippen molar-refractivity contribution in [2.75, 3.05) is 18.4 Å². The molecule has 1 aliphatic heterocycles. The summed E-state index contributed by atoms with van der Waals surface area (Å²) in [6.45, 7) is 1.16. The van der Waals surface area contributed by atoms with Crippen LogP contribution in [0.1, 0.15) is 44.1 Å². The highest BCUT2D eigenvalue weighted by molar-refractivity contribution is 5.94. The molecule has 0 bridgehead atoms. The summed E-state index contributed by atoms with van der Waals surface area (Å²) in [4.78, 5) is 27.8. The van der Waals surface area contributed by atoms with Crippen LogP contribution in [0.4, 0.5) is 10.2 Å². The van der Waals surface area contributed by atoms with Gasteiger partial charge in [-0.3, -0.25) is 4.79 Å². The molecule has 0 aromatic carbocycles. The Morgan fingerprint density at radius 1 is 1.35 bits per heavy atom. The lowest BCUT2D eigenvalue weighted by atomic mass is 9.77. The van der Waals surface area contributed by atoms with E-state index in [0.717, 1.165) is 31.8 Å². The van der Waals surface area contributed by atoms with Crippen molar-refractivity contribution < 1.29 is 19.1 Å². The fourth-order valence-corrected chi connectivity index (χ4v) is 3.86. The molecule has 6 nitrogen and oxygen atoms in total. The summed E-state index contributed by atoms with van der Waals surface area (Å²) in [7, 11) is 0. The van der Waals surface area contributed by atoms with Gasteiger partial charge >= 0.3 is 5.97 Å². The molecule has 0 radical (unpaired) electrons. The van der Waals surface area contributed by atoms with Crippen LogP contribution in [-0.4, -0.2) is 40.5 Å². The number of rotatable bonds is 6. The third kappa shape index (κ3) is 4.09. The largest absolute Gasteiger partial charge is 0.478 e. The van der Waals surface area contributed by atoms with Gasteiger partial charge in [0.05, 0.1) is 0 Å². The number of carbonyl (C=O) groups is 2. The van der Waals surface area contributed by atoms with Gasteiger partial charge < -0.3 is 15.7 Å². The first-order chi connectivity index (χ1) is 12.5. The molecule has 1 aliphatic carbocycles. The van der Waals surface area contributed by atoms with Gasteiger partial charge in [0.25, 0.3) is 0 Å². The van der Waals surface area contributed by atoms with Crippen molar-refractivity contribution >= 4 is 23.6 Å². The fraction of sp³-hybridized carbons (Fsp3) is 0.526. The molecular formula is C19H24FN3O3. The number of ketones is 1. The smallest absolute Gasteiger partial charge is 0.328 e. The summed E-state index contributed by atoms with van der Waals surface area (Å²) < 4.78 is 14.5. The number of halogens is 1. The first-order valence-corrected chi connectivity index (χ1v) is 9.10. The van der Waals surface area contributed by atoms with Crippen LogP contribution >= 0.6 is 0 Å². The molecule has 26 heavy (non-hydrogen) atoms. The summed E-state index contributed by atoms with van der Waals surface area (Å²) in [6.07, 6.45) is 9.31. The average Bonchev–Trinajstić information content (AvgIpc) is 3.12. The van der Waals surface area contributed by atoms with E-state index in [1.807, 2.05) is 0 Å². The number of nitrogens with one attached hydrogen (secondary N) is 2. The Kier molecular flexibility index (Phi) is 5.66. The number of anilines is 1. The molecule has 1 saturated carbocycles. The number of Topliss-reactive ketones (excluding diaryl/α,β-unsaturated/α-hetero) is 1. The minimum atomic E-state index is -1.11. The van der Waals surface area contributed by atoms with Crippen molar-refractivity contribution in [1.29, 1.82) is 0 Å². The molecular weight excluding hydrogens is 337 g/mol. The van der Waals surface area contributed by atoms with E-state index in [4.69, 9.17) is 5.11 Å². The number of hydrogen-bond donors (Lipinski definition) is 3. The molecule has 0 unspecified atom stereocenters. The number of hydrogen-bond acceptors (Lipinski definition) is 5. The summed E-state index contributed by atoms with van der Waals surface area (Å²) in [5.41, 5.74) is -0.471. The third-order valence-electron chi connectivity index (χ3n) is 5.24. The second-order valence-corrected chi connectivity index (χ2v) is 7.10. The molecule has 3 rings (SSSR count). The van der Waals surface area contributed by atoms with Gasteiger partial charge in [0.2, 0.25) is 0 Å². The molecule has 2 aliphatic rings. The van der Waals surface area contributed by atoms with Crippen LogP contribution < -0.4 is 10.6 Å². The first-order valence-electron chi connectivity index (χ1n) is 9.10. The summed E-state index contributed by atoms with van der Waals surface area (Å²) in [5.74, 6) is -1.50. The zero-order chi connectivity index (χ0) is 18.6. The van der Waals surface area contributed by atoms with Gasteiger partial charge in [0.1, 0.15) is 5.54 Å². The Labute approximate surface area is 151 Å². The van der Waals surface area contributed by atoms with Crippen molar-refractivity contribution in [1.82, 2.24) is 10.3 Å². The molecule has 3 N–H and O–H groups in total. The fourth-order valence-electron chi connectivity index (χ4n) is 3.86. The van der Waals surface area contributed by atoms with Crippen LogP contribution in [0.15, 0.2) is 18.3 Å². The van der Waals surface area contributed by atoms with Crippen LogP contribution in [-0.2, 0) is 9.59 Å². The Morgan fingerprint density at radius 2 is 2.12 bits per heavy atom. The topological polar surface area (TPSA) is 91.3 Å². The predicted octanol–water partition coefficient (Wildman–Crippen LogP) is 2.61. The second kappa shape index (κ2) is 7.95. The van der Waals surface area contributed by atoms with Crippen molar-refractivity contribution in [3.8, 4) is 0 Å². The van der Waals surface area contributed by atoms with Crippen LogP contribution in [0.3, 0.4) is 0 Å².